The molecule has 0 aliphatic carbocycles. The molecule has 104 valence electrons. The van der Waals surface area contributed by atoms with Crippen molar-refractivity contribution < 1.29 is 9.72 Å². The molecule has 0 saturated carbocycles. The van der Waals surface area contributed by atoms with Crippen LogP contribution in [0.5, 0.6) is 0 Å². The molecule has 0 aliphatic rings. The van der Waals surface area contributed by atoms with Crippen molar-refractivity contribution in [2.45, 2.75) is 26.2 Å². The van der Waals surface area contributed by atoms with E-state index in [0.29, 0.717) is 18.0 Å². The molecule has 1 rings (SSSR count). The fraction of sp³-hybridized carbons (Fsp3) is 0.462. The van der Waals surface area contributed by atoms with Crippen LogP contribution in [0.4, 0.5) is 5.69 Å². The number of nitro benzene ring substituents is 1. The normalized spacial score (nSPS) is 10.2. The van der Waals surface area contributed by atoms with Crippen LogP contribution in [0.3, 0.4) is 0 Å². The number of carbonyl (C=O) groups is 1. The Hall–Kier alpha value is -1.62. The highest BCUT2D eigenvalue weighted by molar-refractivity contribution is 6.17. The maximum Gasteiger partial charge on any atom is 0.270 e. The second-order valence-corrected chi connectivity index (χ2v) is 4.64. The maximum atomic E-state index is 11.9. The van der Waals surface area contributed by atoms with Gasteiger partial charge in [-0.15, -0.1) is 11.6 Å². The predicted octanol–water partition coefficient (Wildman–Crippen LogP) is 3.04. The molecular formula is C13H17ClN2O3. The van der Waals surface area contributed by atoms with Crippen LogP contribution in [0.1, 0.15) is 35.2 Å². The van der Waals surface area contributed by atoms with E-state index in [1.807, 2.05) is 0 Å². The predicted molar refractivity (Wildman–Crippen MR) is 74.7 cm³/mol. The van der Waals surface area contributed by atoms with Gasteiger partial charge in [0.1, 0.15) is 0 Å². The van der Waals surface area contributed by atoms with E-state index in [4.69, 9.17) is 11.6 Å². The summed E-state index contributed by atoms with van der Waals surface area (Å²) < 4.78 is 0. The molecule has 0 heterocycles. The van der Waals surface area contributed by atoms with Crippen LogP contribution in [0, 0.1) is 17.0 Å². The molecule has 1 amide bonds. The van der Waals surface area contributed by atoms with E-state index in [2.05, 4.69) is 5.32 Å². The lowest BCUT2D eigenvalue weighted by atomic mass is 10.1. The lowest BCUT2D eigenvalue weighted by Crippen LogP contribution is -2.25. The van der Waals surface area contributed by atoms with Gasteiger partial charge in [0.05, 0.1) is 4.92 Å². The third-order valence-electron chi connectivity index (χ3n) is 2.77. The van der Waals surface area contributed by atoms with E-state index >= 15 is 0 Å². The molecule has 0 radical (unpaired) electrons. The SMILES string of the molecule is Cc1ccc([N+](=O)[O-])cc1C(=O)NCCCCCCl. The van der Waals surface area contributed by atoms with Crippen LogP contribution in [0.25, 0.3) is 0 Å². The number of nitrogens with zero attached hydrogens (tertiary/aromatic N) is 1. The highest BCUT2D eigenvalue weighted by Crippen LogP contribution is 2.17. The average Bonchev–Trinajstić information content (AvgIpc) is 2.38. The van der Waals surface area contributed by atoms with E-state index in [0.717, 1.165) is 24.8 Å². The molecule has 0 fully saturated rings. The van der Waals surface area contributed by atoms with Gasteiger partial charge in [-0.25, -0.2) is 0 Å². The van der Waals surface area contributed by atoms with Gasteiger partial charge in [0.2, 0.25) is 0 Å². The molecule has 0 saturated heterocycles. The van der Waals surface area contributed by atoms with Crippen molar-refractivity contribution in [2.75, 3.05) is 12.4 Å². The molecule has 0 atom stereocenters. The van der Waals surface area contributed by atoms with Crippen molar-refractivity contribution in [3.8, 4) is 0 Å². The van der Waals surface area contributed by atoms with Gasteiger partial charge in [-0.3, -0.25) is 14.9 Å². The summed E-state index contributed by atoms with van der Waals surface area (Å²) in [6.07, 6.45) is 2.73. The van der Waals surface area contributed by atoms with Gasteiger partial charge in [-0.05, 0) is 25.3 Å². The second-order valence-electron chi connectivity index (χ2n) is 4.26. The minimum absolute atomic E-state index is 0.0714. The van der Waals surface area contributed by atoms with Gasteiger partial charge in [0.25, 0.3) is 11.6 Å². The summed E-state index contributed by atoms with van der Waals surface area (Å²) in [4.78, 5) is 22.1. The fourth-order valence-corrected chi connectivity index (χ4v) is 1.85. The van der Waals surface area contributed by atoms with Crippen molar-refractivity contribution in [1.82, 2.24) is 5.32 Å². The number of benzene rings is 1. The van der Waals surface area contributed by atoms with E-state index < -0.39 is 4.92 Å². The Morgan fingerprint density at radius 3 is 2.74 bits per heavy atom. The molecule has 0 aromatic heterocycles. The molecule has 6 heteroatoms. The van der Waals surface area contributed by atoms with Gasteiger partial charge in [0, 0.05) is 30.1 Å². The van der Waals surface area contributed by atoms with Gasteiger partial charge >= 0.3 is 0 Å². The average molecular weight is 285 g/mol. The molecule has 0 aliphatic heterocycles. The quantitative estimate of drug-likeness (QED) is 0.362. The van der Waals surface area contributed by atoms with E-state index in [-0.39, 0.29) is 11.6 Å². The molecule has 0 bridgehead atoms. The Bertz CT molecular complexity index is 463. The number of nitro groups is 1. The zero-order valence-corrected chi connectivity index (χ0v) is 11.6. The first-order valence-corrected chi connectivity index (χ1v) is 6.69. The lowest BCUT2D eigenvalue weighted by Gasteiger charge is -2.07. The van der Waals surface area contributed by atoms with Crippen LogP contribution in [0.15, 0.2) is 18.2 Å². The largest absolute Gasteiger partial charge is 0.352 e. The first kappa shape index (κ1) is 15.4. The smallest absolute Gasteiger partial charge is 0.270 e. The number of rotatable bonds is 7. The van der Waals surface area contributed by atoms with Gasteiger partial charge in [-0.2, -0.15) is 0 Å². The molecule has 1 aromatic carbocycles. The van der Waals surface area contributed by atoms with Crippen LogP contribution in [0.2, 0.25) is 0 Å². The lowest BCUT2D eigenvalue weighted by molar-refractivity contribution is -0.384. The fourth-order valence-electron chi connectivity index (χ4n) is 1.66. The number of hydrogen-bond acceptors (Lipinski definition) is 3. The molecule has 1 aromatic rings. The summed E-state index contributed by atoms with van der Waals surface area (Å²) in [5.41, 5.74) is 1.01. The van der Waals surface area contributed by atoms with Crippen LogP contribution < -0.4 is 5.32 Å². The number of carbonyl (C=O) groups excluding carboxylic acids is 1. The van der Waals surface area contributed by atoms with Crippen LogP contribution in [-0.4, -0.2) is 23.3 Å². The number of non-ortho nitro benzene ring substituents is 1. The third-order valence-corrected chi connectivity index (χ3v) is 3.04. The van der Waals surface area contributed by atoms with Gasteiger partial charge < -0.3 is 5.32 Å². The number of halogens is 1. The first-order valence-electron chi connectivity index (χ1n) is 6.15. The number of unbranched alkanes of at least 4 members (excludes halogenated alkanes) is 2. The summed E-state index contributed by atoms with van der Waals surface area (Å²) in [6.45, 7) is 2.31. The minimum atomic E-state index is -0.503. The van der Waals surface area contributed by atoms with E-state index in [1.54, 1.807) is 13.0 Å². The first-order chi connectivity index (χ1) is 9.06. The molecule has 19 heavy (non-hydrogen) atoms. The van der Waals surface area contributed by atoms with Crippen molar-refractivity contribution in [3.63, 3.8) is 0 Å². The topological polar surface area (TPSA) is 72.2 Å². The Kier molecular flexibility index (Phi) is 6.29. The van der Waals surface area contributed by atoms with Crippen molar-refractivity contribution in [2.24, 2.45) is 0 Å². The molecule has 0 spiro atoms. The number of alkyl halides is 1. The molecule has 1 N–H and O–H groups in total. The Morgan fingerprint density at radius 2 is 2.11 bits per heavy atom. The van der Waals surface area contributed by atoms with E-state index in [1.165, 1.54) is 12.1 Å². The van der Waals surface area contributed by atoms with Gasteiger partial charge in [-0.1, -0.05) is 12.5 Å². The molecular weight excluding hydrogens is 268 g/mol. The summed E-state index contributed by atoms with van der Waals surface area (Å²) >= 11 is 5.56. The molecule has 5 nitrogen and oxygen atoms in total. The number of hydrogen-bond donors (Lipinski definition) is 1. The Morgan fingerprint density at radius 1 is 1.37 bits per heavy atom. The summed E-state index contributed by atoms with van der Waals surface area (Å²) in [6, 6.07) is 4.29. The maximum absolute atomic E-state index is 11.9. The minimum Gasteiger partial charge on any atom is -0.352 e. The zero-order chi connectivity index (χ0) is 14.3. The third kappa shape index (κ3) is 4.87. The summed E-state index contributed by atoms with van der Waals surface area (Å²) in [5, 5.41) is 13.4. The highest BCUT2D eigenvalue weighted by Gasteiger charge is 2.13. The van der Waals surface area contributed by atoms with E-state index in [9.17, 15) is 14.9 Å². The van der Waals surface area contributed by atoms with Gasteiger partial charge in [0.15, 0.2) is 0 Å². The number of nitrogens with one attached hydrogen (secondary N) is 1. The van der Waals surface area contributed by atoms with Crippen LogP contribution in [-0.2, 0) is 0 Å². The highest BCUT2D eigenvalue weighted by atomic mass is 35.5. The Labute approximate surface area is 117 Å². The zero-order valence-electron chi connectivity index (χ0n) is 10.8. The monoisotopic (exact) mass is 284 g/mol. The van der Waals surface area contributed by atoms with Crippen molar-refractivity contribution in [3.05, 3.63) is 39.4 Å². The number of amides is 1. The van der Waals surface area contributed by atoms with Crippen molar-refractivity contribution in [1.29, 1.82) is 0 Å². The van der Waals surface area contributed by atoms with Crippen LogP contribution >= 0.6 is 11.6 Å². The van der Waals surface area contributed by atoms with Crippen molar-refractivity contribution >= 4 is 23.2 Å². The number of aryl methyl sites for hydroxylation is 1. The summed E-state index contributed by atoms with van der Waals surface area (Å²) in [5.74, 6) is 0.352. The Balaban J connectivity index is 2.61. The standard InChI is InChI=1S/C13H17ClN2O3/c1-10-5-6-11(16(18)19)9-12(10)13(17)15-8-4-2-3-7-14/h5-6,9H,2-4,7-8H2,1H3,(H,15,17). The summed E-state index contributed by atoms with van der Waals surface area (Å²) in [7, 11) is 0. The molecule has 0 unspecified atom stereocenters. The second kappa shape index (κ2) is 7.74.